The van der Waals surface area contributed by atoms with Crippen LogP contribution in [0.1, 0.15) is 25.8 Å². The summed E-state index contributed by atoms with van der Waals surface area (Å²) in [5, 5.41) is 2.97. The third kappa shape index (κ3) is 7.26. The van der Waals surface area contributed by atoms with Gasteiger partial charge in [0, 0.05) is 13.1 Å². The molecule has 0 fully saturated rings. The van der Waals surface area contributed by atoms with E-state index in [1.165, 1.54) is 0 Å². The minimum atomic E-state index is 0.0755. The van der Waals surface area contributed by atoms with Crippen LogP contribution in [0.5, 0.6) is 0 Å². The van der Waals surface area contributed by atoms with E-state index in [0.717, 1.165) is 25.1 Å². The highest BCUT2D eigenvalue weighted by Crippen LogP contribution is 2.01. The van der Waals surface area contributed by atoms with Gasteiger partial charge in [-0.2, -0.15) is 0 Å². The number of amides is 1. The van der Waals surface area contributed by atoms with Gasteiger partial charge in [0.2, 0.25) is 5.91 Å². The summed E-state index contributed by atoms with van der Waals surface area (Å²) in [6, 6.07) is 9.96. The maximum atomic E-state index is 12.0. The maximum Gasteiger partial charge on any atom is 0.234 e. The summed E-state index contributed by atoms with van der Waals surface area (Å²) in [5.74, 6) is 0.626. The number of hydrogen-bond acceptors (Lipinski definition) is 3. The van der Waals surface area contributed by atoms with Gasteiger partial charge in [-0.3, -0.25) is 9.69 Å². The Bertz CT molecular complexity index is 379. The molecular formula is C16H27N3O. The molecule has 1 rings (SSSR count). The van der Waals surface area contributed by atoms with E-state index < -0.39 is 0 Å². The molecule has 0 heterocycles. The Kier molecular flexibility index (Phi) is 7.92. The van der Waals surface area contributed by atoms with E-state index in [0.29, 0.717) is 25.6 Å². The first kappa shape index (κ1) is 16.7. The summed E-state index contributed by atoms with van der Waals surface area (Å²) in [7, 11) is 0. The second-order valence-electron chi connectivity index (χ2n) is 5.53. The van der Waals surface area contributed by atoms with Crippen molar-refractivity contribution in [3.05, 3.63) is 35.9 Å². The predicted octanol–water partition coefficient (Wildman–Crippen LogP) is 1.61. The molecule has 0 spiro atoms. The number of hydrogen-bond donors (Lipinski definition) is 2. The van der Waals surface area contributed by atoms with Gasteiger partial charge in [0.1, 0.15) is 0 Å². The second kappa shape index (κ2) is 9.50. The van der Waals surface area contributed by atoms with Crippen molar-refractivity contribution in [2.45, 2.75) is 26.8 Å². The highest BCUT2D eigenvalue weighted by atomic mass is 16.2. The van der Waals surface area contributed by atoms with E-state index in [-0.39, 0.29) is 5.91 Å². The van der Waals surface area contributed by atoms with Crippen LogP contribution >= 0.6 is 0 Å². The SMILES string of the molecule is CC(C)CN(CCCN)CC(=O)NCc1ccccc1. The van der Waals surface area contributed by atoms with E-state index in [1.54, 1.807) is 0 Å². The third-order valence-corrected chi connectivity index (χ3v) is 3.00. The van der Waals surface area contributed by atoms with Crippen LogP contribution in [0.3, 0.4) is 0 Å². The summed E-state index contributed by atoms with van der Waals surface area (Å²) >= 11 is 0. The van der Waals surface area contributed by atoms with Gasteiger partial charge in [0.15, 0.2) is 0 Å². The topological polar surface area (TPSA) is 58.4 Å². The molecule has 112 valence electrons. The Morgan fingerprint density at radius 2 is 2.00 bits per heavy atom. The van der Waals surface area contributed by atoms with E-state index in [1.807, 2.05) is 30.3 Å². The minimum absolute atomic E-state index is 0.0755. The molecule has 0 aliphatic rings. The van der Waals surface area contributed by atoms with Gasteiger partial charge in [-0.05, 0) is 31.0 Å². The summed E-state index contributed by atoms with van der Waals surface area (Å²) < 4.78 is 0. The van der Waals surface area contributed by atoms with Crippen molar-refractivity contribution in [1.82, 2.24) is 10.2 Å². The molecule has 0 bridgehead atoms. The van der Waals surface area contributed by atoms with Gasteiger partial charge in [-0.1, -0.05) is 44.2 Å². The van der Waals surface area contributed by atoms with E-state index in [9.17, 15) is 4.79 Å². The fourth-order valence-electron chi connectivity index (χ4n) is 2.12. The van der Waals surface area contributed by atoms with Gasteiger partial charge in [0.25, 0.3) is 0 Å². The normalized spacial score (nSPS) is 11.1. The smallest absolute Gasteiger partial charge is 0.234 e. The molecule has 4 nitrogen and oxygen atoms in total. The van der Waals surface area contributed by atoms with Gasteiger partial charge in [-0.25, -0.2) is 0 Å². The van der Waals surface area contributed by atoms with E-state index in [4.69, 9.17) is 5.73 Å². The predicted molar refractivity (Wildman–Crippen MR) is 83.2 cm³/mol. The lowest BCUT2D eigenvalue weighted by Crippen LogP contribution is -2.39. The fourth-order valence-corrected chi connectivity index (χ4v) is 2.12. The Morgan fingerprint density at radius 3 is 2.60 bits per heavy atom. The van der Waals surface area contributed by atoms with E-state index in [2.05, 4.69) is 24.1 Å². The monoisotopic (exact) mass is 277 g/mol. The summed E-state index contributed by atoms with van der Waals surface area (Å²) in [6.07, 6.45) is 0.929. The molecule has 0 aliphatic heterocycles. The van der Waals surface area contributed by atoms with Crippen molar-refractivity contribution < 1.29 is 4.79 Å². The third-order valence-electron chi connectivity index (χ3n) is 3.00. The molecule has 0 unspecified atom stereocenters. The van der Waals surface area contributed by atoms with Crippen LogP contribution in [0.25, 0.3) is 0 Å². The van der Waals surface area contributed by atoms with Crippen molar-refractivity contribution in [1.29, 1.82) is 0 Å². The first-order chi connectivity index (χ1) is 9.61. The van der Waals surface area contributed by atoms with Gasteiger partial charge >= 0.3 is 0 Å². The molecular weight excluding hydrogens is 250 g/mol. The Labute approximate surface area is 122 Å². The first-order valence-corrected chi connectivity index (χ1v) is 7.35. The number of carbonyl (C=O) groups is 1. The van der Waals surface area contributed by atoms with Crippen molar-refractivity contribution >= 4 is 5.91 Å². The standard InChI is InChI=1S/C16H27N3O/c1-14(2)12-19(10-6-9-17)13-16(20)18-11-15-7-4-3-5-8-15/h3-5,7-8,14H,6,9-13,17H2,1-2H3,(H,18,20). The number of nitrogens with zero attached hydrogens (tertiary/aromatic N) is 1. The number of benzene rings is 1. The van der Waals surface area contributed by atoms with Crippen molar-refractivity contribution in [2.75, 3.05) is 26.2 Å². The minimum Gasteiger partial charge on any atom is -0.351 e. The Morgan fingerprint density at radius 1 is 1.30 bits per heavy atom. The zero-order valence-electron chi connectivity index (χ0n) is 12.6. The van der Waals surface area contributed by atoms with Gasteiger partial charge < -0.3 is 11.1 Å². The van der Waals surface area contributed by atoms with Crippen molar-refractivity contribution in [3.63, 3.8) is 0 Å². The summed E-state index contributed by atoms with van der Waals surface area (Å²) in [4.78, 5) is 14.2. The molecule has 0 aliphatic carbocycles. The molecule has 1 amide bonds. The zero-order valence-corrected chi connectivity index (χ0v) is 12.6. The van der Waals surface area contributed by atoms with Gasteiger partial charge in [-0.15, -0.1) is 0 Å². The molecule has 0 atom stereocenters. The Balaban J connectivity index is 2.36. The summed E-state index contributed by atoms with van der Waals surface area (Å²) in [5.41, 5.74) is 6.67. The average Bonchev–Trinajstić information content (AvgIpc) is 2.43. The second-order valence-corrected chi connectivity index (χ2v) is 5.53. The van der Waals surface area contributed by atoms with Gasteiger partial charge in [0.05, 0.1) is 6.54 Å². The largest absolute Gasteiger partial charge is 0.351 e. The summed E-state index contributed by atoms with van der Waals surface area (Å²) in [6.45, 7) is 7.85. The highest BCUT2D eigenvalue weighted by molar-refractivity contribution is 5.78. The molecule has 0 radical (unpaired) electrons. The maximum absolute atomic E-state index is 12.0. The lowest BCUT2D eigenvalue weighted by atomic mass is 10.2. The molecule has 0 saturated carbocycles. The fraction of sp³-hybridized carbons (Fsp3) is 0.562. The number of carbonyl (C=O) groups excluding carboxylic acids is 1. The molecule has 4 heteroatoms. The molecule has 20 heavy (non-hydrogen) atoms. The van der Waals surface area contributed by atoms with Crippen molar-refractivity contribution in [3.8, 4) is 0 Å². The molecule has 1 aromatic rings. The molecule has 0 aromatic heterocycles. The van der Waals surface area contributed by atoms with Crippen LogP contribution in [-0.4, -0.2) is 37.0 Å². The lowest BCUT2D eigenvalue weighted by molar-refractivity contribution is -0.122. The zero-order chi connectivity index (χ0) is 14.8. The Hall–Kier alpha value is -1.39. The van der Waals surface area contributed by atoms with E-state index >= 15 is 0 Å². The number of rotatable bonds is 9. The van der Waals surface area contributed by atoms with Crippen LogP contribution in [0.2, 0.25) is 0 Å². The highest BCUT2D eigenvalue weighted by Gasteiger charge is 2.11. The van der Waals surface area contributed by atoms with Crippen LogP contribution in [-0.2, 0) is 11.3 Å². The number of nitrogens with two attached hydrogens (primary N) is 1. The van der Waals surface area contributed by atoms with Crippen LogP contribution in [0.4, 0.5) is 0 Å². The molecule has 0 saturated heterocycles. The lowest BCUT2D eigenvalue weighted by Gasteiger charge is -2.23. The number of nitrogens with one attached hydrogen (secondary N) is 1. The molecule has 1 aromatic carbocycles. The molecule has 3 N–H and O–H groups in total. The van der Waals surface area contributed by atoms with Crippen LogP contribution < -0.4 is 11.1 Å². The van der Waals surface area contributed by atoms with Crippen LogP contribution in [0.15, 0.2) is 30.3 Å². The van der Waals surface area contributed by atoms with Crippen LogP contribution in [0, 0.1) is 5.92 Å². The first-order valence-electron chi connectivity index (χ1n) is 7.35. The average molecular weight is 277 g/mol. The quantitative estimate of drug-likeness (QED) is 0.721. The van der Waals surface area contributed by atoms with Crippen molar-refractivity contribution in [2.24, 2.45) is 11.7 Å².